The van der Waals surface area contributed by atoms with E-state index >= 15 is 0 Å². The van der Waals surface area contributed by atoms with E-state index in [2.05, 4.69) is 25.7 Å². The van der Waals surface area contributed by atoms with Crippen molar-refractivity contribution in [3.05, 3.63) is 11.7 Å². The Hall–Kier alpha value is -1.44. The van der Waals surface area contributed by atoms with Gasteiger partial charge in [0.05, 0.1) is 11.3 Å². The average Bonchev–Trinajstić information content (AvgIpc) is 3.09. The Balaban J connectivity index is 1.72. The SMILES string of the molecule is Cc1noc(C(C)Sc2nnnn2C2CCCCC2)n1. The van der Waals surface area contributed by atoms with Gasteiger partial charge < -0.3 is 4.52 Å². The molecule has 1 unspecified atom stereocenters. The highest BCUT2D eigenvalue weighted by Crippen LogP contribution is 2.35. The molecule has 0 radical (unpaired) electrons. The second-order valence-corrected chi connectivity index (χ2v) is 6.45. The van der Waals surface area contributed by atoms with Gasteiger partial charge >= 0.3 is 0 Å². The standard InChI is InChI=1S/C12H18N6OS/c1-8(11-13-9(2)15-19-11)20-12-14-16-17-18(12)10-6-4-3-5-7-10/h8,10H,3-7H2,1-2H3. The Kier molecular flexibility index (Phi) is 4.00. The second-order valence-electron chi connectivity index (χ2n) is 5.14. The summed E-state index contributed by atoms with van der Waals surface area (Å²) in [7, 11) is 0. The quantitative estimate of drug-likeness (QED) is 0.802. The van der Waals surface area contributed by atoms with Crippen LogP contribution in [0.4, 0.5) is 0 Å². The number of nitrogens with zero attached hydrogens (tertiary/aromatic N) is 6. The normalized spacial score (nSPS) is 18.3. The van der Waals surface area contributed by atoms with Crippen LogP contribution in [-0.2, 0) is 0 Å². The molecular formula is C12H18N6OS. The Bertz CT molecular complexity index is 562. The topological polar surface area (TPSA) is 82.5 Å². The van der Waals surface area contributed by atoms with Crippen LogP contribution >= 0.6 is 11.8 Å². The summed E-state index contributed by atoms with van der Waals surface area (Å²) in [5, 5.41) is 16.8. The van der Waals surface area contributed by atoms with Crippen LogP contribution in [0, 0.1) is 6.92 Å². The predicted octanol–water partition coefficient (Wildman–Crippen LogP) is 2.72. The fourth-order valence-electron chi connectivity index (χ4n) is 2.50. The van der Waals surface area contributed by atoms with Crippen molar-refractivity contribution in [1.29, 1.82) is 0 Å². The molecule has 0 saturated heterocycles. The van der Waals surface area contributed by atoms with Crippen LogP contribution in [-0.4, -0.2) is 30.3 Å². The van der Waals surface area contributed by atoms with E-state index in [9.17, 15) is 0 Å². The molecule has 3 rings (SSSR count). The smallest absolute Gasteiger partial charge is 0.239 e. The Labute approximate surface area is 121 Å². The molecule has 0 bridgehead atoms. The van der Waals surface area contributed by atoms with Crippen LogP contribution in [0.2, 0.25) is 0 Å². The zero-order chi connectivity index (χ0) is 13.9. The summed E-state index contributed by atoms with van der Waals surface area (Å²) >= 11 is 1.57. The third kappa shape index (κ3) is 2.84. The van der Waals surface area contributed by atoms with Crippen LogP contribution in [0.5, 0.6) is 0 Å². The average molecular weight is 294 g/mol. The summed E-state index contributed by atoms with van der Waals surface area (Å²) in [5.74, 6) is 1.27. The number of rotatable bonds is 4. The third-order valence-corrected chi connectivity index (χ3v) is 4.59. The maximum absolute atomic E-state index is 5.20. The minimum absolute atomic E-state index is 0.0459. The van der Waals surface area contributed by atoms with E-state index in [0.29, 0.717) is 17.8 Å². The van der Waals surface area contributed by atoms with E-state index in [4.69, 9.17) is 4.52 Å². The summed E-state index contributed by atoms with van der Waals surface area (Å²) in [6, 6.07) is 0.429. The molecule has 0 spiro atoms. The minimum Gasteiger partial charge on any atom is -0.338 e. The fraction of sp³-hybridized carbons (Fsp3) is 0.750. The summed E-state index contributed by atoms with van der Waals surface area (Å²) in [5.41, 5.74) is 0. The Morgan fingerprint density at radius 3 is 2.80 bits per heavy atom. The first kappa shape index (κ1) is 13.5. The van der Waals surface area contributed by atoms with Crippen LogP contribution in [0.1, 0.15) is 62.0 Å². The van der Waals surface area contributed by atoms with Gasteiger partial charge in [-0.1, -0.05) is 36.2 Å². The first-order valence-electron chi connectivity index (χ1n) is 6.99. The lowest BCUT2D eigenvalue weighted by molar-refractivity contribution is 0.307. The van der Waals surface area contributed by atoms with Crippen molar-refractivity contribution < 1.29 is 4.52 Å². The largest absolute Gasteiger partial charge is 0.338 e. The molecule has 2 aromatic rings. The molecule has 1 aliphatic rings. The molecule has 2 aromatic heterocycles. The first-order valence-corrected chi connectivity index (χ1v) is 7.86. The van der Waals surface area contributed by atoms with E-state index in [-0.39, 0.29) is 5.25 Å². The molecule has 1 atom stereocenters. The zero-order valence-corrected chi connectivity index (χ0v) is 12.5. The van der Waals surface area contributed by atoms with Crippen molar-refractivity contribution in [3.8, 4) is 0 Å². The molecule has 20 heavy (non-hydrogen) atoms. The number of aromatic nitrogens is 6. The first-order chi connectivity index (χ1) is 9.74. The highest BCUT2D eigenvalue weighted by Gasteiger charge is 2.23. The molecule has 2 heterocycles. The van der Waals surface area contributed by atoms with Gasteiger partial charge in [-0.25, -0.2) is 4.68 Å². The van der Waals surface area contributed by atoms with E-state index in [1.807, 2.05) is 18.5 Å². The van der Waals surface area contributed by atoms with Gasteiger partial charge in [0, 0.05) is 0 Å². The lowest BCUT2D eigenvalue weighted by Gasteiger charge is -2.22. The number of tetrazole rings is 1. The van der Waals surface area contributed by atoms with Gasteiger partial charge in [-0.3, -0.25) is 0 Å². The lowest BCUT2D eigenvalue weighted by atomic mass is 9.96. The van der Waals surface area contributed by atoms with Gasteiger partial charge in [-0.2, -0.15) is 4.98 Å². The molecule has 1 saturated carbocycles. The highest BCUT2D eigenvalue weighted by molar-refractivity contribution is 7.99. The maximum atomic E-state index is 5.20. The zero-order valence-electron chi connectivity index (χ0n) is 11.7. The van der Waals surface area contributed by atoms with E-state index in [1.165, 1.54) is 19.3 Å². The van der Waals surface area contributed by atoms with Gasteiger partial charge in [0.15, 0.2) is 5.82 Å². The van der Waals surface area contributed by atoms with Gasteiger partial charge in [-0.05, 0) is 37.1 Å². The molecule has 0 aliphatic heterocycles. The third-order valence-electron chi connectivity index (χ3n) is 3.56. The molecule has 7 nitrogen and oxygen atoms in total. The molecule has 8 heteroatoms. The van der Waals surface area contributed by atoms with Gasteiger partial charge in [0.2, 0.25) is 11.0 Å². The van der Waals surface area contributed by atoms with Crippen LogP contribution in [0.25, 0.3) is 0 Å². The molecule has 1 aliphatic carbocycles. The Morgan fingerprint density at radius 2 is 2.10 bits per heavy atom. The van der Waals surface area contributed by atoms with Crippen LogP contribution in [0.15, 0.2) is 9.68 Å². The minimum atomic E-state index is 0.0459. The van der Waals surface area contributed by atoms with Crippen LogP contribution in [0.3, 0.4) is 0 Å². The summed E-state index contributed by atoms with van der Waals surface area (Å²) in [4.78, 5) is 4.26. The summed E-state index contributed by atoms with van der Waals surface area (Å²) in [6.07, 6.45) is 6.15. The predicted molar refractivity (Wildman–Crippen MR) is 73.2 cm³/mol. The fourth-order valence-corrected chi connectivity index (χ4v) is 3.39. The molecule has 0 aromatic carbocycles. The molecule has 0 amide bonds. The van der Waals surface area contributed by atoms with E-state index in [0.717, 1.165) is 18.0 Å². The number of aryl methyl sites for hydroxylation is 1. The molecule has 1 fully saturated rings. The molecular weight excluding hydrogens is 276 g/mol. The highest BCUT2D eigenvalue weighted by atomic mass is 32.2. The van der Waals surface area contributed by atoms with Crippen LogP contribution < -0.4 is 0 Å². The van der Waals surface area contributed by atoms with Crippen molar-refractivity contribution in [2.45, 2.75) is 62.4 Å². The summed E-state index contributed by atoms with van der Waals surface area (Å²) in [6.45, 7) is 3.84. The van der Waals surface area contributed by atoms with Crippen molar-refractivity contribution in [1.82, 2.24) is 30.3 Å². The molecule has 0 N–H and O–H groups in total. The second kappa shape index (κ2) is 5.90. The Morgan fingerprint density at radius 1 is 1.30 bits per heavy atom. The monoisotopic (exact) mass is 294 g/mol. The summed E-state index contributed by atoms with van der Waals surface area (Å²) < 4.78 is 7.16. The number of thioether (sulfide) groups is 1. The van der Waals surface area contributed by atoms with Gasteiger partial charge in [0.1, 0.15) is 0 Å². The van der Waals surface area contributed by atoms with Crippen molar-refractivity contribution in [3.63, 3.8) is 0 Å². The lowest BCUT2D eigenvalue weighted by Crippen LogP contribution is -2.15. The number of hydrogen-bond acceptors (Lipinski definition) is 7. The maximum Gasteiger partial charge on any atom is 0.239 e. The van der Waals surface area contributed by atoms with Crippen molar-refractivity contribution in [2.75, 3.05) is 0 Å². The molecule has 108 valence electrons. The van der Waals surface area contributed by atoms with Crippen molar-refractivity contribution in [2.24, 2.45) is 0 Å². The van der Waals surface area contributed by atoms with Gasteiger partial charge in [0.25, 0.3) is 0 Å². The van der Waals surface area contributed by atoms with E-state index < -0.39 is 0 Å². The van der Waals surface area contributed by atoms with E-state index in [1.54, 1.807) is 11.8 Å². The van der Waals surface area contributed by atoms with Crippen molar-refractivity contribution >= 4 is 11.8 Å². The number of hydrogen-bond donors (Lipinski definition) is 0. The van der Waals surface area contributed by atoms with Gasteiger partial charge in [-0.15, -0.1) is 5.10 Å².